The van der Waals surface area contributed by atoms with Gasteiger partial charge in [0.15, 0.2) is 11.6 Å². The van der Waals surface area contributed by atoms with Crippen LogP contribution < -0.4 is 25.8 Å². The van der Waals surface area contributed by atoms with E-state index in [1.807, 2.05) is 68.4 Å². The summed E-state index contributed by atoms with van der Waals surface area (Å²) in [5.74, 6) is 0.673. The van der Waals surface area contributed by atoms with Gasteiger partial charge in [0, 0.05) is 25.0 Å². The standard InChI is InChI=1S/C21H23FN6O/c1-13(2)29-17-7-4-15(5-8-17)26-21-23-12-18(22)20(27-21)25-16-6-9-19-14(10-16)11-24-28(19)3/h4-10,12-13,24H,11H2,1-3H3,(H2,23,25,26,27). The van der Waals surface area contributed by atoms with Gasteiger partial charge in [-0.3, -0.25) is 0 Å². The molecule has 3 aromatic rings. The first-order valence-electron chi connectivity index (χ1n) is 9.41. The monoisotopic (exact) mass is 394 g/mol. The molecule has 4 rings (SSSR count). The van der Waals surface area contributed by atoms with Crippen LogP contribution in [0.15, 0.2) is 48.7 Å². The maximum atomic E-state index is 14.3. The Balaban J connectivity index is 1.49. The van der Waals surface area contributed by atoms with Gasteiger partial charge in [-0.2, -0.15) is 4.98 Å². The molecule has 7 nitrogen and oxygen atoms in total. The maximum absolute atomic E-state index is 14.3. The third kappa shape index (κ3) is 4.38. The summed E-state index contributed by atoms with van der Waals surface area (Å²) in [6, 6.07) is 13.3. The number of halogens is 1. The average Bonchev–Trinajstić information content (AvgIpc) is 3.06. The van der Waals surface area contributed by atoms with Crippen molar-refractivity contribution in [2.24, 2.45) is 0 Å². The molecule has 3 N–H and O–H groups in total. The first kappa shape index (κ1) is 18.9. The molecule has 2 aromatic carbocycles. The summed E-state index contributed by atoms with van der Waals surface area (Å²) in [6.07, 6.45) is 1.26. The van der Waals surface area contributed by atoms with Gasteiger partial charge in [0.05, 0.1) is 18.0 Å². The number of nitrogens with zero attached hydrogens (tertiary/aromatic N) is 3. The topological polar surface area (TPSA) is 74.3 Å². The van der Waals surface area contributed by atoms with E-state index < -0.39 is 5.82 Å². The minimum absolute atomic E-state index is 0.110. The second kappa shape index (κ2) is 7.92. The Morgan fingerprint density at radius 3 is 2.62 bits per heavy atom. The highest BCUT2D eigenvalue weighted by Gasteiger charge is 2.16. The molecule has 29 heavy (non-hydrogen) atoms. The molecule has 0 amide bonds. The van der Waals surface area contributed by atoms with Gasteiger partial charge in [0.2, 0.25) is 5.95 Å². The Labute approximate surface area is 168 Å². The zero-order chi connectivity index (χ0) is 20.4. The van der Waals surface area contributed by atoms with Crippen LogP contribution in [0.25, 0.3) is 0 Å². The minimum Gasteiger partial charge on any atom is -0.491 e. The van der Waals surface area contributed by atoms with Crippen LogP contribution in [0, 0.1) is 5.82 Å². The molecule has 0 unspecified atom stereocenters. The molecule has 0 aliphatic carbocycles. The number of rotatable bonds is 6. The molecule has 0 bridgehead atoms. The summed E-state index contributed by atoms with van der Waals surface area (Å²) in [4.78, 5) is 8.31. The van der Waals surface area contributed by atoms with Gasteiger partial charge in [0.1, 0.15) is 5.75 Å². The summed E-state index contributed by atoms with van der Waals surface area (Å²) in [7, 11) is 1.96. The second-order valence-electron chi connectivity index (χ2n) is 7.07. The van der Waals surface area contributed by atoms with E-state index >= 15 is 0 Å². The number of hydrogen-bond acceptors (Lipinski definition) is 7. The lowest BCUT2D eigenvalue weighted by Gasteiger charge is -2.13. The maximum Gasteiger partial charge on any atom is 0.229 e. The highest BCUT2D eigenvalue weighted by Crippen LogP contribution is 2.29. The predicted molar refractivity (Wildman–Crippen MR) is 112 cm³/mol. The van der Waals surface area contributed by atoms with Crippen molar-refractivity contribution in [2.75, 3.05) is 22.7 Å². The SMILES string of the molecule is CC(C)Oc1ccc(Nc2ncc(F)c(Nc3ccc4c(c3)CNN4C)n2)cc1. The first-order chi connectivity index (χ1) is 14.0. The molecule has 0 radical (unpaired) electrons. The molecule has 0 saturated carbocycles. The predicted octanol–water partition coefficient (Wildman–Crippen LogP) is 4.34. The molecular weight excluding hydrogens is 371 g/mol. The van der Waals surface area contributed by atoms with Crippen LogP contribution in [0.5, 0.6) is 5.75 Å². The first-order valence-corrected chi connectivity index (χ1v) is 9.41. The molecule has 2 heterocycles. The molecule has 150 valence electrons. The Morgan fingerprint density at radius 2 is 1.86 bits per heavy atom. The van der Waals surface area contributed by atoms with Gasteiger partial charge in [-0.25, -0.2) is 14.8 Å². The number of ether oxygens (including phenoxy) is 1. The van der Waals surface area contributed by atoms with Crippen LogP contribution in [0.2, 0.25) is 0 Å². The zero-order valence-electron chi connectivity index (χ0n) is 16.5. The molecule has 0 saturated heterocycles. The normalized spacial score (nSPS) is 12.8. The van der Waals surface area contributed by atoms with Gasteiger partial charge in [-0.05, 0) is 61.9 Å². The van der Waals surface area contributed by atoms with Crippen LogP contribution in [0.3, 0.4) is 0 Å². The van der Waals surface area contributed by atoms with Crippen molar-refractivity contribution in [1.29, 1.82) is 0 Å². The number of anilines is 5. The third-order valence-electron chi connectivity index (χ3n) is 4.44. The van der Waals surface area contributed by atoms with Crippen molar-refractivity contribution >= 4 is 28.8 Å². The number of benzene rings is 2. The van der Waals surface area contributed by atoms with E-state index in [0.29, 0.717) is 5.95 Å². The van der Waals surface area contributed by atoms with Crippen molar-refractivity contribution in [2.45, 2.75) is 26.5 Å². The largest absolute Gasteiger partial charge is 0.491 e. The fourth-order valence-corrected chi connectivity index (χ4v) is 3.09. The summed E-state index contributed by atoms with van der Waals surface area (Å²) in [6.45, 7) is 4.68. The van der Waals surface area contributed by atoms with E-state index in [9.17, 15) is 4.39 Å². The Bertz CT molecular complexity index is 1010. The average molecular weight is 394 g/mol. The quantitative estimate of drug-likeness (QED) is 0.574. The van der Waals surface area contributed by atoms with Gasteiger partial charge >= 0.3 is 0 Å². The lowest BCUT2D eigenvalue weighted by molar-refractivity contribution is 0.242. The molecular formula is C21H23FN6O. The van der Waals surface area contributed by atoms with Crippen molar-refractivity contribution in [3.63, 3.8) is 0 Å². The highest BCUT2D eigenvalue weighted by atomic mass is 19.1. The van der Waals surface area contributed by atoms with Crippen molar-refractivity contribution in [3.8, 4) is 5.75 Å². The fourth-order valence-electron chi connectivity index (χ4n) is 3.09. The summed E-state index contributed by atoms with van der Waals surface area (Å²) in [5.41, 5.74) is 7.01. The summed E-state index contributed by atoms with van der Waals surface area (Å²) < 4.78 is 19.9. The number of hydrogen-bond donors (Lipinski definition) is 3. The third-order valence-corrected chi connectivity index (χ3v) is 4.44. The van der Waals surface area contributed by atoms with E-state index in [0.717, 1.165) is 41.1 Å². The van der Waals surface area contributed by atoms with Crippen molar-refractivity contribution in [3.05, 3.63) is 60.0 Å². The van der Waals surface area contributed by atoms with Gasteiger partial charge in [-0.15, -0.1) is 0 Å². The van der Waals surface area contributed by atoms with Crippen molar-refractivity contribution < 1.29 is 9.13 Å². The van der Waals surface area contributed by atoms with E-state index in [1.165, 1.54) is 0 Å². The van der Waals surface area contributed by atoms with Crippen LogP contribution in [0.4, 0.5) is 33.2 Å². The van der Waals surface area contributed by atoms with Crippen LogP contribution in [-0.4, -0.2) is 23.1 Å². The van der Waals surface area contributed by atoms with E-state index in [2.05, 4.69) is 26.0 Å². The highest BCUT2D eigenvalue weighted by molar-refractivity contribution is 5.66. The number of fused-ring (bicyclic) bond motifs is 1. The molecule has 1 aliphatic heterocycles. The lowest BCUT2D eigenvalue weighted by Crippen LogP contribution is -2.26. The molecule has 0 atom stereocenters. The van der Waals surface area contributed by atoms with Crippen molar-refractivity contribution in [1.82, 2.24) is 15.4 Å². The minimum atomic E-state index is -0.521. The van der Waals surface area contributed by atoms with Gasteiger partial charge in [-0.1, -0.05) is 0 Å². The Hall–Kier alpha value is -3.39. The molecule has 1 aliphatic rings. The van der Waals surface area contributed by atoms with Crippen LogP contribution in [0.1, 0.15) is 19.4 Å². The smallest absolute Gasteiger partial charge is 0.229 e. The Morgan fingerprint density at radius 1 is 1.10 bits per heavy atom. The van der Waals surface area contributed by atoms with E-state index in [4.69, 9.17) is 4.74 Å². The molecule has 0 spiro atoms. The van der Waals surface area contributed by atoms with Gasteiger partial charge < -0.3 is 20.4 Å². The molecule has 8 heteroatoms. The van der Waals surface area contributed by atoms with E-state index in [-0.39, 0.29) is 11.9 Å². The molecule has 0 fully saturated rings. The Kier molecular flexibility index (Phi) is 5.18. The summed E-state index contributed by atoms with van der Waals surface area (Å²) in [5, 5.41) is 8.09. The zero-order valence-corrected chi connectivity index (χ0v) is 16.5. The number of hydrazine groups is 1. The second-order valence-corrected chi connectivity index (χ2v) is 7.07. The van der Waals surface area contributed by atoms with Gasteiger partial charge in [0.25, 0.3) is 0 Å². The van der Waals surface area contributed by atoms with Crippen LogP contribution >= 0.6 is 0 Å². The molecule has 1 aromatic heterocycles. The summed E-state index contributed by atoms with van der Waals surface area (Å²) >= 11 is 0. The van der Waals surface area contributed by atoms with E-state index in [1.54, 1.807) is 0 Å². The number of aromatic nitrogens is 2. The fraction of sp³-hybridized carbons (Fsp3) is 0.238. The van der Waals surface area contributed by atoms with Crippen LogP contribution in [-0.2, 0) is 6.54 Å². The number of nitrogens with one attached hydrogen (secondary N) is 3. The lowest BCUT2D eigenvalue weighted by atomic mass is 10.1.